The van der Waals surface area contributed by atoms with Crippen LogP contribution in [0.3, 0.4) is 0 Å². The molecule has 2 N–H and O–H groups in total. The van der Waals surface area contributed by atoms with E-state index in [0.717, 1.165) is 6.17 Å². The van der Waals surface area contributed by atoms with Gasteiger partial charge in [0.05, 0.1) is 6.04 Å². The first-order valence-electron chi connectivity index (χ1n) is 1.30. The fourth-order valence-corrected chi connectivity index (χ4v) is 0.0684. The van der Waals surface area contributed by atoms with Gasteiger partial charge in [0.15, 0.2) is 0 Å². The van der Waals surface area contributed by atoms with Crippen LogP contribution in [0, 0.1) is 12.2 Å². The van der Waals surface area contributed by atoms with Gasteiger partial charge in [-0.2, -0.15) is 0 Å². The van der Waals surface area contributed by atoms with Gasteiger partial charge in [0.25, 0.3) is 0 Å². The second-order valence-electron chi connectivity index (χ2n) is 0.524. The van der Waals surface area contributed by atoms with Crippen molar-refractivity contribution in [1.29, 1.82) is 0 Å². The van der Waals surface area contributed by atoms with Crippen LogP contribution in [0.1, 0.15) is 0 Å². The molecule has 0 spiro atoms. The van der Waals surface area contributed by atoms with Gasteiger partial charge in [-0.1, -0.05) is 10.6 Å². The van der Waals surface area contributed by atoms with E-state index >= 15 is 0 Å². The maximum atomic E-state index is 10.7. The molecule has 0 unspecified atom stereocenters. The molecule has 0 aliphatic carbocycles. The number of hydrogen-bond donors (Lipinski definition) is 2. The lowest BCUT2D eigenvalue weighted by atomic mass is 11.2. The van der Waals surface area contributed by atoms with Crippen LogP contribution in [0.25, 0.3) is 0 Å². The van der Waals surface area contributed by atoms with Crippen LogP contribution in [0.4, 0.5) is 8.92 Å². The Bertz CT molecular complexity index is 85.4. The minimum absolute atomic E-state index is 0.932. The van der Waals surface area contributed by atoms with Crippen molar-refractivity contribution in [2.75, 3.05) is 0 Å². The van der Waals surface area contributed by atoms with Gasteiger partial charge in [0, 0.05) is 0 Å². The molecule has 0 aliphatic heterocycles. The summed E-state index contributed by atoms with van der Waals surface area (Å²) in [7, 11) is 0. The largest absolute Gasteiger partial charge is 0.252 e. The van der Waals surface area contributed by atoms with Crippen molar-refractivity contribution in [3.8, 4) is 12.2 Å². The van der Waals surface area contributed by atoms with Gasteiger partial charge in [-0.3, -0.25) is 5.43 Å². The Hall–Kier alpha value is -0.860. The van der Waals surface area contributed by atoms with Crippen molar-refractivity contribution in [2.24, 2.45) is 0 Å². The molecule has 7 heavy (non-hydrogen) atoms. The van der Waals surface area contributed by atoms with Gasteiger partial charge in [0.2, 0.25) is 0 Å². The third kappa shape index (κ3) is 5.14. The number of rotatable bonds is 2. The van der Waals surface area contributed by atoms with Gasteiger partial charge < -0.3 is 0 Å². The highest BCUT2D eigenvalue weighted by atomic mass is 19.3. The second kappa shape index (κ2) is 5.14. The number of halogens is 2. The van der Waals surface area contributed by atoms with Gasteiger partial charge in [-0.05, 0) is 4.53 Å². The Morgan fingerprint density at radius 3 is 2.71 bits per heavy atom. The monoisotopic (exact) mass is 108 g/mol. The van der Waals surface area contributed by atoms with Crippen LogP contribution in [0.5, 0.6) is 0 Å². The summed E-state index contributed by atoms with van der Waals surface area (Å²) < 4.78 is 21.1. The predicted octanol–water partition coefficient (Wildman–Crippen LogP) is -0.215. The molecule has 0 aromatic rings. The Morgan fingerprint density at radius 2 is 2.29 bits per heavy atom. The van der Waals surface area contributed by atoms with Crippen LogP contribution in [-0.4, -0.2) is 0 Å². The van der Waals surface area contributed by atoms with E-state index in [2.05, 4.69) is 5.04 Å². The Morgan fingerprint density at radius 1 is 1.57 bits per heavy atom. The Labute approximate surface area is 38.5 Å². The SMILES string of the molecule is FC#CNNOF. The lowest BCUT2D eigenvalue weighted by molar-refractivity contribution is -0.202. The van der Waals surface area contributed by atoms with Gasteiger partial charge in [-0.15, -0.1) is 4.39 Å². The minimum atomic E-state index is 0.932. The smallest absolute Gasteiger partial charge is 0.130 e. The van der Waals surface area contributed by atoms with E-state index in [1.54, 1.807) is 11.5 Å². The molecule has 0 heterocycles. The molecule has 5 heteroatoms. The summed E-state index contributed by atoms with van der Waals surface area (Å²) >= 11 is 0. The second-order valence-corrected chi connectivity index (χ2v) is 0.524. The molecule has 40 valence electrons. The first-order valence-corrected chi connectivity index (χ1v) is 1.30. The lowest BCUT2D eigenvalue weighted by Crippen LogP contribution is -2.23. The summed E-state index contributed by atoms with van der Waals surface area (Å²) in [6.07, 6.45) is 0.932. The zero-order valence-electron chi connectivity index (χ0n) is 3.16. The highest BCUT2D eigenvalue weighted by Crippen LogP contribution is 1.53. The topological polar surface area (TPSA) is 33.3 Å². The van der Waals surface area contributed by atoms with Crippen molar-refractivity contribution in [3.63, 3.8) is 0 Å². The molecule has 0 amide bonds. The molecule has 0 radical (unpaired) electrons. The number of hydrazine groups is 1. The van der Waals surface area contributed by atoms with E-state index in [9.17, 15) is 8.92 Å². The summed E-state index contributed by atoms with van der Waals surface area (Å²) in [6.45, 7) is 0. The van der Waals surface area contributed by atoms with E-state index in [4.69, 9.17) is 0 Å². The highest BCUT2D eigenvalue weighted by Gasteiger charge is 1.67. The van der Waals surface area contributed by atoms with Gasteiger partial charge in [-0.25, -0.2) is 0 Å². The molecule has 0 atom stereocenters. The Kier molecular flexibility index (Phi) is 4.51. The fraction of sp³-hybridized carbons (Fsp3) is 0. The van der Waals surface area contributed by atoms with Gasteiger partial charge in [0.1, 0.15) is 6.17 Å². The normalized spacial score (nSPS) is 6.57. The highest BCUT2D eigenvalue weighted by molar-refractivity contribution is 4.83. The van der Waals surface area contributed by atoms with E-state index in [0.29, 0.717) is 0 Å². The lowest BCUT2D eigenvalue weighted by Gasteiger charge is -1.86. The first-order chi connectivity index (χ1) is 3.41. The molecule has 0 fully saturated rings. The summed E-state index contributed by atoms with van der Waals surface area (Å²) in [5.74, 6) is 0. The fourth-order valence-electron chi connectivity index (χ4n) is 0.0684. The average Bonchev–Trinajstić information content (AvgIpc) is 1.69. The van der Waals surface area contributed by atoms with E-state index in [-0.39, 0.29) is 0 Å². The standard InChI is InChI=1S/C2H2F2N2O/c3-1-2-5-6-7-4/h5-6H. The molecule has 0 saturated heterocycles. The maximum absolute atomic E-state index is 10.7. The van der Waals surface area contributed by atoms with Crippen LogP contribution in [0.2, 0.25) is 0 Å². The first kappa shape index (κ1) is 6.14. The number of nitrogens with one attached hydrogen (secondary N) is 2. The third-order valence-corrected chi connectivity index (χ3v) is 0.199. The number of hydrogen-bond acceptors (Lipinski definition) is 3. The van der Waals surface area contributed by atoms with E-state index < -0.39 is 0 Å². The van der Waals surface area contributed by atoms with Crippen molar-refractivity contribution in [2.45, 2.75) is 0 Å². The van der Waals surface area contributed by atoms with Gasteiger partial charge >= 0.3 is 0 Å². The molecule has 3 nitrogen and oxygen atoms in total. The van der Waals surface area contributed by atoms with Crippen LogP contribution in [0.15, 0.2) is 0 Å². The molecular formula is C2H2F2N2O. The molecule has 0 aromatic carbocycles. The Balaban J connectivity index is 2.78. The molecule has 0 bridgehead atoms. The molecule has 0 rings (SSSR count). The van der Waals surface area contributed by atoms with Crippen LogP contribution >= 0.6 is 0 Å². The van der Waals surface area contributed by atoms with Crippen LogP contribution < -0.4 is 11.0 Å². The zero-order chi connectivity index (χ0) is 5.54. The van der Waals surface area contributed by atoms with Crippen molar-refractivity contribution >= 4 is 0 Å². The van der Waals surface area contributed by atoms with E-state index in [1.165, 1.54) is 5.59 Å². The molecular weight excluding hydrogens is 106 g/mol. The maximum Gasteiger partial charge on any atom is 0.130 e. The van der Waals surface area contributed by atoms with Crippen molar-refractivity contribution in [1.82, 2.24) is 11.0 Å². The summed E-state index contributed by atoms with van der Waals surface area (Å²) in [6, 6.07) is 1.61. The average molecular weight is 108 g/mol. The molecule has 0 aromatic heterocycles. The quantitative estimate of drug-likeness (QED) is 0.222. The van der Waals surface area contributed by atoms with Crippen molar-refractivity contribution in [3.05, 3.63) is 0 Å². The predicted molar refractivity (Wildman–Crippen MR) is 17.3 cm³/mol. The summed E-state index contributed by atoms with van der Waals surface area (Å²) in [4.78, 5) is 0. The third-order valence-electron chi connectivity index (χ3n) is 0.199. The zero-order valence-corrected chi connectivity index (χ0v) is 3.16. The van der Waals surface area contributed by atoms with Crippen molar-refractivity contribution < 1.29 is 14.0 Å². The van der Waals surface area contributed by atoms with Crippen LogP contribution in [-0.2, 0) is 5.04 Å². The summed E-state index contributed by atoms with van der Waals surface area (Å²) in [5.41, 5.74) is 3.12. The summed E-state index contributed by atoms with van der Waals surface area (Å²) in [5, 5.41) is 2.71. The molecule has 0 aliphatic rings. The molecule has 0 saturated carbocycles. The minimum Gasteiger partial charge on any atom is -0.252 e. The van der Waals surface area contributed by atoms with E-state index in [1.807, 2.05) is 0 Å².